The summed E-state index contributed by atoms with van der Waals surface area (Å²) in [5.74, 6) is 0.809. The van der Waals surface area contributed by atoms with Crippen LogP contribution in [0.15, 0.2) is 42.5 Å². The maximum atomic E-state index is 6.09. The Morgan fingerprint density at radius 1 is 1.11 bits per heavy atom. The van der Waals surface area contributed by atoms with Gasteiger partial charge in [0, 0.05) is 7.05 Å². The molecule has 0 aromatic heterocycles. The maximum absolute atomic E-state index is 6.09. The predicted molar refractivity (Wildman–Crippen MR) is 75.1 cm³/mol. The Morgan fingerprint density at radius 3 is 2.67 bits per heavy atom. The van der Waals surface area contributed by atoms with E-state index in [1.807, 2.05) is 24.3 Å². The van der Waals surface area contributed by atoms with Crippen molar-refractivity contribution in [1.29, 1.82) is 0 Å². The molecule has 0 unspecified atom stereocenters. The van der Waals surface area contributed by atoms with Crippen molar-refractivity contribution in [2.24, 2.45) is 0 Å². The van der Waals surface area contributed by atoms with Gasteiger partial charge < -0.3 is 15.4 Å². The Morgan fingerprint density at radius 2 is 1.89 bits per heavy atom. The minimum atomic E-state index is 0.693. The summed E-state index contributed by atoms with van der Waals surface area (Å²) in [7, 11) is 2.07. The largest absolute Gasteiger partial charge is 0.487 e. The van der Waals surface area contributed by atoms with Crippen molar-refractivity contribution in [1.82, 2.24) is 0 Å². The lowest BCUT2D eigenvalue weighted by Crippen LogP contribution is -2.29. The molecule has 18 heavy (non-hydrogen) atoms. The highest BCUT2D eigenvalue weighted by molar-refractivity contribution is 5.80. The van der Waals surface area contributed by atoms with Gasteiger partial charge in [0.15, 0.2) is 5.75 Å². The molecule has 0 amide bonds. The summed E-state index contributed by atoms with van der Waals surface area (Å²) in [6.45, 7) is 1.59. The molecule has 0 radical (unpaired) electrons. The van der Waals surface area contributed by atoms with E-state index in [1.54, 1.807) is 0 Å². The van der Waals surface area contributed by atoms with Gasteiger partial charge in [0.05, 0.1) is 17.9 Å². The molecule has 0 fully saturated rings. The second-order valence-electron chi connectivity index (χ2n) is 4.55. The number of ether oxygens (including phenoxy) is 1. The van der Waals surface area contributed by atoms with Gasteiger partial charge in [-0.3, -0.25) is 0 Å². The fourth-order valence-electron chi connectivity index (χ4n) is 2.28. The van der Waals surface area contributed by atoms with E-state index >= 15 is 0 Å². The topological polar surface area (TPSA) is 38.5 Å². The highest BCUT2D eigenvalue weighted by atomic mass is 16.5. The molecule has 3 nitrogen and oxygen atoms in total. The molecule has 3 rings (SSSR count). The van der Waals surface area contributed by atoms with E-state index in [9.17, 15) is 0 Å². The van der Waals surface area contributed by atoms with Gasteiger partial charge >= 0.3 is 0 Å². The molecule has 92 valence electrons. The van der Waals surface area contributed by atoms with Crippen molar-refractivity contribution in [3.63, 3.8) is 0 Å². The molecule has 0 saturated carbocycles. The van der Waals surface area contributed by atoms with Crippen LogP contribution in [0.2, 0.25) is 0 Å². The molecule has 2 N–H and O–H groups in total. The van der Waals surface area contributed by atoms with Crippen LogP contribution < -0.4 is 15.4 Å². The molecule has 0 spiro atoms. The van der Waals surface area contributed by atoms with Crippen molar-refractivity contribution < 1.29 is 4.74 Å². The monoisotopic (exact) mass is 240 g/mol. The molecule has 0 atom stereocenters. The van der Waals surface area contributed by atoms with E-state index in [1.165, 1.54) is 5.56 Å². The van der Waals surface area contributed by atoms with Crippen LogP contribution in [0.25, 0.3) is 11.1 Å². The van der Waals surface area contributed by atoms with Crippen LogP contribution >= 0.6 is 0 Å². The lowest BCUT2D eigenvalue weighted by molar-refractivity contribution is 0.313. The zero-order chi connectivity index (χ0) is 12.5. The first kappa shape index (κ1) is 11.0. The second kappa shape index (κ2) is 4.26. The first-order valence-electron chi connectivity index (χ1n) is 6.08. The zero-order valence-electron chi connectivity index (χ0n) is 10.4. The van der Waals surface area contributed by atoms with Gasteiger partial charge in [0.25, 0.3) is 0 Å². The minimum Gasteiger partial charge on any atom is -0.487 e. The number of hydrogen-bond acceptors (Lipinski definition) is 3. The molecule has 2 aromatic rings. The van der Waals surface area contributed by atoms with E-state index < -0.39 is 0 Å². The molecule has 1 heterocycles. The average Bonchev–Trinajstić information content (AvgIpc) is 2.41. The van der Waals surface area contributed by atoms with Crippen molar-refractivity contribution in [2.45, 2.75) is 0 Å². The number of fused-ring (bicyclic) bond motifs is 1. The summed E-state index contributed by atoms with van der Waals surface area (Å²) >= 11 is 0. The Kier molecular flexibility index (Phi) is 2.59. The van der Waals surface area contributed by atoms with Gasteiger partial charge in [-0.05, 0) is 23.3 Å². The number of nitrogens with zero attached hydrogens (tertiary/aromatic N) is 1. The zero-order valence-corrected chi connectivity index (χ0v) is 10.4. The van der Waals surface area contributed by atoms with Crippen LogP contribution in [0.3, 0.4) is 0 Å². The lowest BCUT2D eigenvalue weighted by atomic mass is 10.0. The normalized spacial score (nSPS) is 13.9. The third kappa shape index (κ3) is 1.78. The third-order valence-electron chi connectivity index (χ3n) is 3.29. The third-order valence-corrected chi connectivity index (χ3v) is 3.29. The summed E-state index contributed by atoms with van der Waals surface area (Å²) in [6.07, 6.45) is 0. The molecule has 0 bridgehead atoms. The fourth-order valence-corrected chi connectivity index (χ4v) is 2.28. The van der Waals surface area contributed by atoms with Gasteiger partial charge in [-0.15, -0.1) is 0 Å². The Balaban J connectivity index is 2.14. The minimum absolute atomic E-state index is 0.693. The summed E-state index contributed by atoms with van der Waals surface area (Å²) in [5.41, 5.74) is 10.2. The number of hydrogen-bond donors (Lipinski definition) is 1. The van der Waals surface area contributed by atoms with Crippen molar-refractivity contribution in [3.8, 4) is 16.9 Å². The highest BCUT2D eigenvalue weighted by Crippen LogP contribution is 2.40. The second-order valence-corrected chi connectivity index (χ2v) is 4.55. The quantitative estimate of drug-likeness (QED) is 0.779. The molecule has 2 aromatic carbocycles. The number of likely N-dealkylation sites (N-methyl/N-ethyl adjacent to an activating group) is 1. The van der Waals surface area contributed by atoms with Crippen LogP contribution in [-0.4, -0.2) is 20.2 Å². The molecule has 1 aliphatic rings. The summed E-state index contributed by atoms with van der Waals surface area (Å²) in [4.78, 5) is 2.18. The van der Waals surface area contributed by atoms with Crippen molar-refractivity contribution in [3.05, 3.63) is 42.5 Å². The Labute approximate surface area is 107 Å². The van der Waals surface area contributed by atoms with E-state index in [0.29, 0.717) is 12.3 Å². The number of rotatable bonds is 1. The SMILES string of the molecule is CN1CCOc2c(N)cc(-c3ccccc3)cc21. The Bertz CT molecular complexity index is 566. The molecule has 1 aliphatic heterocycles. The first-order chi connectivity index (χ1) is 8.75. The molecular weight excluding hydrogens is 224 g/mol. The van der Waals surface area contributed by atoms with E-state index in [4.69, 9.17) is 10.5 Å². The van der Waals surface area contributed by atoms with Crippen LogP contribution in [0.5, 0.6) is 5.75 Å². The van der Waals surface area contributed by atoms with Gasteiger partial charge in [-0.25, -0.2) is 0 Å². The number of anilines is 2. The average molecular weight is 240 g/mol. The molecule has 3 heteroatoms. The van der Waals surface area contributed by atoms with Gasteiger partial charge in [-0.2, -0.15) is 0 Å². The standard InChI is InChI=1S/C15H16N2O/c1-17-7-8-18-15-13(16)9-12(10-14(15)17)11-5-3-2-4-6-11/h2-6,9-10H,7-8,16H2,1H3. The Hall–Kier alpha value is -2.16. The number of nitrogen functional groups attached to an aromatic ring is 1. The number of nitrogens with two attached hydrogens (primary N) is 1. The maximum Gasteiger partial charge on any atom is 0.165 e. The van der Waals surface area contributed by atoms with Gasteiger partial charge in [0.2, 0.25) is 0 Å². The smallest absolute Gasteiger partial charge is 0.165 e. The van der Waals surface area contributed by atoms with E-state index in [-0.39, 0.29) is 0 Å². The fraction of sp³-hybridized carbons (Fsp3) is 0.200. The lowest BCUT2D eigenvalue weighted by Gasteiger charge is -2.29. The molecule has 0 saturated heterocycles. The van der Waals surface area contributed by atoms with Gasteiger partial charge in [-0.1, -0.05) is 30.3 Å². The van der Waals surface area contributed by atoms with Crippen LogP contribution in [-0.2, 0) is 0 Å². The van der Waals surface area contributed by atoms with E-state index in [2.05, 4.69) is 30.1 Å². The molecular formula is C15H16N2O. The van der Waals surface area contributed by atoms with E-state index in [0.717, 1.165) is 23.5 Å². The predicted octanol–water partition coefficient (Wildman–Crippen LogP) is 2.76. The highest BCUT2D eigenvalue weighted by Gasteiger charge is 2.18. The summed E-state index contributed by atoms with van der Waals surface area (Å²) < 4.78 is 5.65. The van der Waals surface area contributed by atoms with Crippen molar-refractivity contribution in [2.75, 3.05) is 30.8 Å². The van der Waals surface area contributed by atoms with Crippen molar-refractivity contribution >= 4 is 11.4 Å². The summed E-state index contributed by atoms with van der Waals surface area (Å²) in [6, 6.07) is 14.4. The number of benzene rings is 2. The summed E-state index contributed by atoms with van der Waals surface area (Å²) in [5, 5.41) is 0. The molecule has 0 aliphatic carbocycles. The van der Waals surface area contributed by atoms with Gasteiger partial charge in [0.1, 0.15) is 6.61 Å². The first-order valence-corrected chi connectivity index (χ1v) is 6.08. The van der Waals surface area contributed by atoms with Crippen LogP contribution in [0, 0.1) is 0 Å². The van der Waals surface area contributed by atoms with Crippen LogP contribution in [0.1, 0.15) is 0 Å². The van der Waals surface area contributed by atoms with Crippen LogP contribution in [0.4, 0.5) is 11.4 Å².